The number of benzene rings is 1. The van der Waals surface area contributed by atoms with E-state index in [0.29, 0.717) is 0 Å². The van der Waals surface area contributed by atoms with Crippen molar-refractivity contribution < 1.29 is 4.39 Å². The van der Waals surface area contributed by atoms with E-state index in [9.17, 15) is 4.39 Å². The van der Waals surface area contributed by atoms with Gasteiger partial charge in [0.05, 0.1) is 5.69 Å². The first-order valence-corrected chi connectivity index (χ1v) is 7.69. The summed E-state index contributed by atoms with van der Waals surface area (Å²) in [6.07, 6.45) is 2.01. The predicted octanol–water partition coefficient (Wildman–Crippen LogP) is 4.28. The number of fused-ring (bicyclic) bond motifs is 5. The Morgan fingerprint density at radius 3 is 2.73 bits per heavy atom. The maximum Gasteiger partial charge on any atom is 0.153 e. The van der Waals surface area contributed by atoms with Gasteiger partial charge in [0, 0.05) is 24.3 Å². The highest BCUT2D eigenvalue weighted by Gasteiger charge is 2.51. The Balaban J connectivity index is 2.02. The van der Waals surface area contributed by atoms with E-state index >= 15 is 0 Å². The molecule has 2 unspecified atom stereocenters. The molecule has 3 nitrogen and oxygen atoms in total. The second-order valence-corrected chi connectivity index (χ2v) is 6.95. The van der Waals surface area contributed by atoms with E-state index in [1.807, 2.05) is 18.3 Å². The zero-order chi connectivity index (χ0) is 15.6. The summed E-state index contributed by atoms with van der Waals surface area (Å²) in [7, 11) is 2.10. The van der Waals surface area contributed by atoms with Crippen LogP contribution in [-0.2, 0) is 0 Å². The topological polar surface area (TPSA) is 19.4 Å². The standard InChI is InChI=1S/C18H20FN3/c1-11-13-10-12(19)7-8-14(13)22-15-6-5-9-20-16(15)21(4)17(22)18(11,2)3/h5-11,17H,1-4H3. The van der Waals surface area contributed by atoms with Crippen molar-refractivity contribution in [3.05, 3.63) is 47.9 Å². The number of rotatable bonds is 0. The lowest BCUT2D eigenvalue weighted by Gasteiger charge is -2.50. The lowest BCUT2D eigenvalue weighted by molar-refractivity contribution is 0.225. The molecule has 4 rings (SSSR count). The van der Waals surface area contributed by atoms with E-state index in [-0.39, 0.29) is 23.3 Å². The van der Waals surface area contributed by atoms with Crippen LogP contribution in [0.2, 0.25) is 0 Å². The number of aromatic nitrogens is 1. The molecule has 2 aromatic rings. The van der Waals surface area contributed by atoms with Crippen molar-refractivity contribution in [1.29, 1.82) is 0 Å². The highest BCUT2D eigenvalue weighted by molar-refractivity contribution is 5.84. The van der Waals surface area contributed by atoms with E-state index < -0.39 is 0 Å². The second kappa shape index (κ2) is 4.22. The van der Waals surface area contributed by atoms with Crippen LogP contribution in [0.25, 0.3) is 0 Å². The van der Waals surface area contributed by atoms with Gasteiger partial charge in [-0.05, 0) is 41.8 Å². The Bertz CT molecular complexity index is 756. The molecule has 1 aromatic carbocycles. The zero-order valence-corrected chi connectivity index (χ0v) is 13.3. The molecule has 0 fully saturated rings. The van der Waals surface area contributed by atoms with E-state index in [1.54, 1.807) is 12.1 Å². The van der Waals surface area contributed by atoms with Gasteiger partial charge in [-0.15, -0.1) is 0 Å². The summed E-state index contributed by atoms with van der Waals surface area (Å²) >= 11 is 0. The molecule has 114 valence electrons. The van der Waals surface area contributed by atoms with Crippen LogP contribution in [0.4, 0.5) is 21.6 Å². The second-order valence-electron chi connectivity index (χ2n) is 6.95. The van der Waals surface area contributed by atoms with E-state index in [0.717, 1.165) is 22.8 Å². The lowest BCUT2D eigenvalue weighted by atomic mass is 9.70. The summed E-state index contributed by atoms with van der Waals surface area (Å²) in [5, 5.41) is 0. The van der Waals surface area contributed by atoms with Crippen LogP contribution in [0, 0.1) is 11.2 Å². The van der Waals surface area contributed by atoms with Crippen LogP contribution in [0.15, 0.2) is 36.5 Å². The smallest absolute Gasteiger partial charge is 0.153 e. The van der Waals surface area contributed by atoms with Crippen molar-refractivity contribution in [2.75, 3.05) is 16.8 Å². The minimum Gasteiger partial charge on any atom is -0.337 e. The zero-order valence-electron chi connectivity index (χ0n) is 13.3. The molecule has 0 aliphatic carbocycles. The molecule has 2 aliphatic rings. The van der Waals surface area contributed by atoms with Crippen molar-refractivity contribution >= 4 is 17.2 Å². The summed E-state index contributed by atoms with van der Waals surface area (Å²) in [4.78, 5) is 9.12. The minimum atomic E-state index is -0.168. The van der Waals surface area contributed by atoms with Crippen LogP contribution < -0.4 is 9.80 Å². The average molecular weight is 297 g/mol. The number of hydrogen-bond acceptors (Lipinski definition) is 3. The van der Waals surface area contributed by atoms with Gasteiger partial charge in [0.2, 0.25) is 0 Å². The van der Waals surface area contributed by atoms with Crippen molar-refractivity contribution in [3.63, 3.8) is 0 Å². The van der Waals surface area contributed by atoms with E-state index in [1.165, 1.54) is 0 Å². The van der Waals surface area contributed by atoms with Crippen LogP contribution in [-0.4, -0.2) is 18.2 Å². The number of nitrogens with zero attached hydrogens (tertiary/aromatic N) is 3. The Morgan fingerprint density at radius 2 is 1.95 bits per heavy atom. The monoisotopic (exact) mass is 297 g/mol. The molecule has 2 atom stereocenters. The third kappa shape index (κ3) is 1.52. The van der Waals surface area contributed by atoms with Crippen molar-refractivity contribution in [3.8, 4) is 0 Å². The molecular weight excluding hydrogens is 277 g/mol. The summed E-state index contributed by atoms with van der Waals surface area (Å²) in [6, 6.07) is 9.20. The van der Waals surface area contributed by atoms with E-state index in [4.69, 9.17) is 0 Å². The van der Waals surface area contributed by atoms with Crippen LogP contribution >= 0.6 is 0 Å². The maximum absolute atomic E-state index is 13.8. The number of pyridine rings is 1. The van der Waals surface area contributed by atoms with Crippen LogP contribution in [0.1, 0.15) is 32.3 Å². The van der Waals surface area contributed by atoms with Gasteiger partial charge < -0.3 is 9.80 Å². The first-order chi connectivity index (χ1) is 10.4. The van der Waals surface area contributed by atoms with E-state index in [2.05, 4.69) is 48.7 Å². The highest BCUT2D eigenvalue weighted by atomic mass is 19.1. The average Bonchev–Trinajstić information content (AvgIpc) is 2.80. The summed E-state index contributed by atoms with van der Waals surface area (Å²) in [5.41, 5.74) is 3.24. The van der Waals surface area contributed by atoms with Gasteiger partial charge in [0.15, 0.2) is 5.82 Å². The normalized spacial score (nSPS) is 24.8. The third-order valence-corrected chi connectivity index (χ3v) is 5.47. The summed E-state index contributed by atoms with van der Waals surface area (Å²) < 4.78 is 13.8. The first kappa shape index (κ1) is 13.6. The molecule has 4 heteroatoms. The first-order valence-electron chi connectivity index (χ1n) is 7.69. The third-order valence-electron chi connectivity index (χ3n) is 5.47. The van der Waals surface area contributed by atoms with Gasteiger partial charge in [-0.2, -0.15) is 0 Å². The van der Waals surface area contributed by atoms with Crippen LogP contribution in [0.3, 0.4) is 0 Å². The molecule has 0 saturated carbocycles. The van der Waals surface area contributed by atoms with Crippen LogP contribution in [0.5, 0.6) is 0 Å². The van der Waals surface area contributed by atoms with Gasteiger partial charge in [0.25, 0.3) is 0 Å². The van der Waals surface area contributed by atoms with Gasteiger partial charge >= 0.3 is 0 Å². The minimum absolute atomic E-state index is 0.0315. The molecule has 0 N–H and O–H groups in total. The van der Waals surface area contributed by atoms with Crippen molar-refractivity contribution in [1.82, 2.24) is 4.98 Å². The number of hydrogen-bond donors (Lipinski definition) is 0. The predicted molar refractivity (Wildman–Crippen MR) is 87.2 cm³/mol. The van der Waals surface area contributed by atoms with Gasteiger partial charge in [-0.25, -0.2) is 9.37 Å². The molecule has 0 bridgehead atoms. The molecule has 0 amide bonds. The lowest BCUT2D eigenvalue weighted by Crippen LogP contribution is -2.54. The Labute approximate surface area is 130 Å². The summed E-state index contributed by atoms with van der Waals surface area (Å²) in [5.74, 6) is 1.08. The number of halogens is 1. The Morgan fingerprint density at radius 1 is 1.18 bits per heavy atom. The quantitative estimate of drug-likeness (QED) is 0.723. The molecule has 2 aliphatic heterocycles. The van der Waals surface area contributed by atoms with Gasteiger partial charge in [-0.3, -0.25) is 0 Å². The highest BCUT2D eigenvalue weighted by Crippen LogP contribution is 2.57. The Hall–Kier alpha value is -2.10. The van der Waals surface area contributed by atoms with Gasteiger partial charge in [-0.1, -0.05) is 20.8 Å². The largest absolute Gasteiger partial charge is 0.337 e. The molecule has 0 saturated heterocycles. The van der Waals surface area contributed by atoms with Crippen molar-refractivity contribution in [2.24, 2.45) is 5.41 Å². The molecule has 0 radical (unpaired) electrons. The molecule has 22 heavy (non-hydrogen) atoms. The molecular formula is C18H20FN3. The Kier molecular flexibility index (Phi) is 2.60. The fraction of sp³-hybridized carbons (Fsp3) is 0.389. The van der Waals surface area contributed by atoms with Crippen molar-refractivity contribution in [2.45, 2.75) is 32.9 Å². The maximum atomic E-state index is 13.8. The van der Waals surface area contributed by atoms with Gasteiger partial charge in [0.1, 0.15) is 12.0 Å². The number of anilines is 3. The summed E-state index contributed by atoms with van der Waals surface area (Å²) in [6.45, 7) is 6.71. The fourth-order valence-corrected chi connectivity index (χ4v) is 4.08. The molecule has 1 aromatic heterocycles. The molecule has 3 heterocycles. The SMILES string of the molecule is CC1c2cc(F)ccc2N2c3cccnc3N(C)C2C1(C)C. The fourth-order valence-electron chi connectivity index (χ4n) is 4.08. The molecule has 0 spiro atoms.